The molecule has 1 heterocycles. The molecule has 2 aromatic carbocycles. The first kappa shape index (κ1) is 18.3. The van der Waals surface area contributed by atoms with E-state index in [1.54, 1.807) is 18.9 Å². The number of aryl methyl sites for hydroxylation is 2. The Morgan fingerprint density at radius 3 is 2.62 bits per heavy atom. The number of thioether (sulfide) groups is 1. The van der Waals surface area contributed by atoms with Crippen LogP contribution in [0.5, 0.6) is 11.5 Å². The van der Waals surface area contributed by atoms with E-state index >= 15 is 0 Å². The van der Waals surface area contributed by atoms with Crippen molar-refractivity contribution in [3.8, 4) is 11.5 Å². The lowest BCUT2D eigenvalue weighted by Gasteiger charge is -2.08. The van der Waals surface area contributed by atoms with E-state index in [0.717, 1.165) is 28.2 Å². The van der Waals surface area contributed by atoms with Crippen molar-refractivity contribution in [2.24, 2.45) is 7.05 Å². The first-order valence-corrected chi connectivity index (χ1v) is 9.39. The Morgan fingerprint density at radius 2 is 1.85 bits per heavy atom. The Kier molecular flexibility index (Phi) is 5.83. The number of ether oxygens (including phenoxy) is 2. The second kappa shape index (κ2) is 8.27. The van der Waals surface area contributed by atoms with Crippen LogP contribution in [0.1, 0.15) is 22.5 Å². The van der Waals surface area contributed by atoms with Gasteiger partial charge in [-0.3, -0.25) is 0 Å². The van der Waals surface area contributed by atoms with Crippen LogP contribution in [0.3, 0.4) is 0 Å². The third-order valence-corrected chi connectivity index (χ3v) is 5.36. The van der Waals surface area contributed by atoms with Gasteiger partial charge >= 0.3 is 0 Å². The average molecular weight is 369 g/mol. The van der Waals surface area contributed by atoms with Crippen molar-refractivity contribution in [1.82, 2.24) is 14.8 Å². The standard InChI is InChI=1S/C20H23N3O2S/c1-14-8-9-18(10-15(14)2)25-12-19-21-22-20(23(19)3)26-13-16-6-5-7-17(11-16)24-4/h5-11H,12-13H2,1-4H3. The Balaban J connectivity index is 1.61. The lowest BCUT2D eigenvalue weighted by atomic mass is 10.1. The zero-order valence-electron chi connectivity index (χ0n) is 15.5. The molecule has 0 atom stereocenters. The Labute approximate surface area is 158 Å². The first-order chi connectivity index (χ1) is 12.6. The van der Waals surface area contributed by atoms with Crippen molar-refractivity contribution in [1.29, 1.82) is 0 Å². The number of benzene rings is 2. The molecule has 0 fully saturated rings. The molecule has 5 nitrogen and oxygen atoms in total. The quantitative estimate of drug-likeness (QED) is 0.581. The molecule has 0 N–H and O–H groups in total. The highest BCUT2D eigenvalue weighted by atomic mass is 32.2. The van der Waals surface area contributed by atoms with Crippen LogP contribution in [0, 0.1) is 13.8 Å². The number of nitrogens with zero attached hydrogens (tertiary/aromatic N) is 3. The topological polar surface area (TPSA) is 49.2 Å². The fourth-order valence-electron chi connectivity index (χ4n) is 2.46. The van der Waals surface area contributed by atoms with Gasteiger partial charge in [0.1, 0.15) is 18.1 Å². The minimum atomic E-state index is 0.395. The second-order valence-electron chi connectivity index (χ2n) is 6.13. The SMILES string of the molecule is COc1cccc(CSc2nnc(COc3ccc(C)c(C)c3)n2C)c1. The van der Waals surface area contributed by atoms with Crippen LogP contribution in [-0.4, -0.2) is 21.9 Å². The molecule has 136 valence electrons. The van der Waals surface area contributed by atoms with Gasteiger partial charge in [-0.2, -0.15) is 0 Å². The van der Waals surface area contributed by atoms with E-state index in [-0.39, 0.29) is 0 Å². The van der Waals surface area contributed by atoms with Crippen molar-refractivity contribution < 1.29 is 9.47 Å². The van der Waals surface area contributed by atoms with Gasteiger partial charge in [-0.15, -0.1) is 10.2 Å². The molecule has 0 radical (unpaired) electrons. The van der Waals surface area contributed by atoms with E-state index in [4.69, 9.17) is 9.47 Å². The fourth-order valence-corrected chi connectivity index (χ4v) is 3.33. The van der Waals surface area contributed by atoms with Gasteiger partial charge in [0, 0.05) is 12.8 Å². The lowest BCUT2D eigenvalue weighted by molar-refractivity contribution is 0.290. The maximum atomic E-state index is 5.87. The van der Waals surface area contributed by atoms with Crippen LogP contribution in [-0.2, 0) is 19.4 Å². The zero-order chi connectivity index (χ0) is 18.5. The maximum absolute atomic E-state index is 5.87. The third-order valence-electron chi connectivity index (χ3n) is 4.27. The largest absolute Gasteiger partial charge is 0.497 e. The molecule has 0 aliphatic rings. The zero-order valence-corrected chi connectivity index (χ0v) is 16.3. The summed E-state index contributed by atoms with van der Waals surface area (Å²) >= 11 is 1.64. The molecule has 0 bridgehead atoms. The maximum Gasteiger partial charge on any atom is 0.191 e. The Bertz CT molecular complexity index is 893. The summed E-state index contributed by atoms with van der Waals surface area (Å²) in [5.41, 5.74) is 3.66. The van der Waals surface area contributed by atoms with Gasteiger partial charge < -0.3 is 14.0 Å². The molecule has 0 saturated heterocycles. The predicted octanol–water partition coefficient (Wildman–Crippen LogP) is 4.31. The van der Waals surface area contributed by atoms with Gasteiger partial charge in [-0.05, 0) is 54.8 Å². The molecule has 1 aromatic heterocycles. The molecule has 3 rings (SSSR count). The Morgan fingerprint density at radius 1 is 1.00 bits per heavy atom. The highest BCUT2D eigenvalue weighted by Gasteiger charge is 2.10. The monoisotopic (exact) mass is 369 g/mol. The van der Waals surface area contributed by atoms with Crippen LogP contribution < -0.4 is 9.47 Å². The molecule has 3 aromatic rings. The van der Waals surface area contributed by atoms with Crippen molar-refractivity contribution in [3.63, 3.8) is 0 Å². The molecule has 0 spiro atoms. The first-order valence-electron chi connectivity index (χ1n) is 8.41. The average Bonchev–Trinajstić information content (AvgIpc) is 3.01. The van der Waals surface area contributed by atoms with Crippen LogP contribution >= 0.6 is 11.8 Å². The minimum Gasteiger partial charge on any atom is -0.497 e. The molecule has 0 amide bonds. The summed E-state index contributed by atoms with van der Waals surface area (Å²) in [5, 5.41) is 9.41. The summed E-state index contributed by atoms with van der Waals surface area (Å²) in [4.78, 5) is 0. The minimum absolute atomic E-state index is 0.395. The second-order valence-corrected chi connectivity index (χ2v) is 7.08. The number of aromatic nitrogens is 3. The van der Waals surface area contributed by atoms with Crippen molar-refractivity contribution in [3.05, 3.63) is 65.0 Å². The predicted molar refractivity (Wildman–Crippen MR) is 104 cm³/mol. The number of rotatable bonds is 7. The van der Waals surface area contributed by atoms with Crippen molar-refractivity contribution >= 4 is 11.8 Å². The summed E-state index contributed by atoms with van der Waals surface area (Å²) in [6, 6.07) is 14.1. The summed E-state index contributed by atoms with van der Waals surface area (Å²) < 4.78 is 13.1. The molecule has 26 heavy (non-hydrogen) atoms. The van der Waals surface area contributed by atoms with E-state index < -0.39 is 0 Å². The molecule has 0 unspecified atom stereocenters. The summed E-state index contributed by atoms with van der Waals surface area (Å²) in [7, 11) is 3.64. The molecule has 0 aliphatic carbocycles. The van der Waals surface area contributed by atoms with E-state index in [1.807, 2.05) is 41.9 Å². The van der Waals surface area contributed by atoms with Crippen LogP contribution in [0.4, 0.5) is 0 Å². The highest BCUT2D eigenvalue weighted by Crippen LogP contribution is 2.24. The summed E-state index contributed by atoms with van der Waals surface area (Å²) in [6.07, 6.45) is 0. The van der Waals surface area contributed by atoms with Gasteiger partial charge in [0.05, 0.1) is 7.11 Å². The summed E-state index contributed by atoms with van der Waals surface area (Å²) in [6.45, 7) is 4.57. The number of hydrogen-bond acceptors (Lipinski definition) is 5. The van der Waals surface area contributed by atoms with E-state index in [1.165, 1.54) is 16.7 Å². The van der Waals surface area contributed by atoms with E-state index in [2.05, 4.69) is 36.2 Å². The van der Waals surface area contributed by atoms with Crippen LogP contribution in [0.2, 0.25) is 0 Å². The van der Waals surface area contributed by atoms with Crippen LogP contribution in [0.15, 0.2) is 47.6 Å². The number of hydrogen-bond donors (Lipinski definition) is 0. The van der Waals surface area contributed by atoms with Gasteiger partial charge in [0.25, 0.3) is 0 Å². The van der Waals surface area contributed by atoms with Gasteiger partial charge in [-0.25, -0.2) is 0 Å². The smallest absolute Gasteiger partial charge is 0.191 e. The van der Waals surface area contributed by atoms with E-state index in [0.29, 0.717) is 6.61 Å². The van der Waals surface area contributed by atoms with Crippen LogP contribution in [0.25, 0.3) is 0 Å². The van der Waals surface area contributed by atoms with Gasteiger partial charge in [-0.1, -0.05) is 30.0 Å². The lowest BCUT2D eigenvalue weighted by Crippen LogP contribution is -2.04. The molecule has 6 heteroatoms. The van der Waals surface area contributed by atoms with Gasteiger partial charge in [0.15, 0.2) is 11.0 Å². The number of methoxy groups -OCH3 is 1. The van der Waals surface area contributed by atoms with Crippen molar-refractivity contribution in [2.75, 3.05) is 7.11 Å². The molecular formula is C20H23N3O2S. The van der Waals surface area contributed by atoms with Gasteiger partial charge in [0.2, 0.25) is 0 Å². The molecule has 0 saturated carbocycles. The Hall–Kier alpha value is -2.47. The normalized spacial score (nSPS) is 10.8. The molecule has 0 aliphatic heterocycles. The fraction of sp³-hybridized carbons (Fsp3) is 0.300. The summed E-state index contributed by atoms with van der Waals surface area (Å²) in [5.74, 6) is 3.32. The third kappa shape index (κ3) is 4.38. The molecular weight excluding hydrogens is 346 g/mol. The highest BCUT2D eigenvalue weighted by molar-refractivity contribution is 7.98. The van der Waals surface area contributed by atoms with Crippen molar-refractivity contribution in [2.45, 2.75) is 31.4 Å². The van der Waals surface area contributed by atoms with E-state index in [9.17, 15) is 0 Å².